The molecular weight excluding hydrogens is 538 g/mol. The lowest BCUT2D eigenvalue weighted by Gasteiger charge is -2.20. The van der Waals surface area contributed by atoms with E-state index in [1.165, 1.54) is 0 Å². The van der Waals surface area contributed by atoms with Crippen molar-refractivity contribution in [1.29, 1.82) is 0 Å². The van der Waals surface area contributed by atoms with E-state index in [2.05, 4.69) is 121 Å². The van der Waals surface area contributed by atoms with Crippen LogP contribution in [0.25, 0.3) is 66.1 Å². The van der Waals surface area contributed by atoms with Gasteiger partial charge in [0.2, 0.25) is 0 Å². The van der Waals surface area contributed by atoms with Gasteiger partial charge in [0.05, 0.1) is 0 Å². The summed E-state index contributed by atoms with van der Waals surface area (Å²) in [7, 11) is 2.10. The second kappa shape index (κ2) is 11.6. The van der Waals surface area contributed by atoms with Gasteiger partial charge in [0.25, 0.3) is 0 Å². The maximum atomic E-state index is 6.26. The predicted molar refractivity (Wildman–Crippen MR) is 187 cm³/mol. The lowest BCUT2D eigenvalue weighted by Crippen LogP contribution is -2.08. The van der Waals surface area contributed by atoms with E-state index in [9.17, 15) is 0 Å². The number of anilines is 2. The highest BCUT2D eigenvalue weighted by Gasteiger charge is 2.14. The lowest BCUT2D eigenvalue weighted by molar-refractivity contribution is 0.669. The van der Waals surface area contributed by atoms with Crippen LogP contribution < -0.4 is 4.90 Å². The molecule has 2 heterocycles. The Morgan fingerprint density at radius 1 is 0.432 bits per heavy atom. The average molecular weight is 572 g/mol. The van der Waals surface area contributed by atoms with E-state index < -0.39 is 0 Å². The molecule has 0 spiro atoms. The molecule has 8 rings (SSSR count). The van der Waals surface area contributed by atoms with Crippen LogP contribution in [-0.4, -0.2) is 7.05 Å². The fraction of sp³-hybridized carbons (Fsp3) is 0.0732. The molecule has 0 atom stereocenters. The number of para-hydroxylation sites is 4. The van der Waals surface area contributed by atoms with E-state index in [0.29, 0.717) is 0 Å². The number of rotatable bonds is 4. The van der Waals surface area contributed by atoms with Crippen molar-refractivity contribution >= 4 is 55.3 Å². The van der Waals surface area contributed by atoms with Crippen molar-refractivity contribution in [2.45, 2.75) is 13.8 Å². The molecule has 8 aromatic rings. The van der Waals surface area contributed by atoms with Crippen molar-refractivity contribution < 1.29 is 8.83 Å². The number of nitrogens with zero attached hydrogens (tertiary/aromatic N) is 1. The first kappa shape index (κ1) is 27.3. The van der Waals surface area contributed by atoms with Gasteiger partial charge in [-0.05, 0) is 61.4 Å². The Kier molecular flexibility index (Phi) is 7.21. The third-order valence-corrected chi connectivity index (χ3v) is 8.27. The normalized spacial score (nSPS) is 11.4. The molecule has 0 saturated carbocycles. The summed E-state index contributed by atoms with van der Waals surface area (Å²) in [5.74, 6) is 0. The molecule has 0 aliphatic heterocycles. The van der Waals surface area contributed by atoms with Crippen LogP contribution in [0.4, 0.5) is 11.4 Å². The third kappa shape index (κ3) is 4.83. The zero-order valence-corrected chi connectivity index (χ0v) is 25.1. The molecular formula is C41H33NO2. The molecule has 0 unspecified atom stereocenters. The molecule has 0 aliphatic rings. The summed E-state index contributed by atoms with van der Waals surface area (Å²) in [4.78, 5) is 2.21. The summed E-state index contributed by atoms with van der Waals surface area (Å²) in [5.41, 5.74) is 10.4. The Morgan fingerprint density at radius 2 is 0.818 bits per heavy atom. The number of hydrogen-bond donors (Lipinski definition) is 0. The number of hydrogen-bond acceptors (Lipinski definition) is 3. The molecule has 0 fully saturated rings. The SMILES string of the molecule is C/C=C\C.CN(c1ccc(-c2cccc3c2oc2ccccc23)cc1)c1ccc(-c2cccc3c2oc2ccccc23)cc1. The average Bonchev–Trinajstić information content (AvgIpc) is 3.67. The molecule has 0 amide bonds. The Morgan fingerprint density at radius 3 is 1.23 bits per heavy atom. The van der Waals surface area contributed by atoms with E-state index in [1.807, 2.05) is 50.3 Å². The number of benzene rings is 6. The zero-order valence-electron chi connectivity index (χ0n) is 25.1. The van der Waals surface area contributed by atoms with Crippen molar-refractivity contribution in [3.8, 4) is 22.3 Å². The van der Waals surface area contributed by atoms with Gasteiger partial charge in [-0.2, -0.15) is 0 Å². The Hall–Kier alpha value is -5.54. The topological polar surface area (TPSA) is 29.5 Å². The third-order valence-electron chi connectivity index (χ3n) is 8.27. The lowest BCUT2D eigenvalue weighted by atomic mass is 10.0. The fourth-order valence-electron chi connectivity index (χ4n) is 5.83. The maximum Gasteiger partial charge on any atom is 0.143 e. The Bertz CT molecular complexity index is 2090. The van der Waals surface area contributed by atoms with Crippen molar-refractivity contribution in [3.63, 3.8) is 0 Å². The van der Waals surface area contributed by atoms with Gasteiger partial charge in [0.15, 0.2) is 0 Å². The molecule has 3 heteroatoms. The minimum Gasteiger partial charge on any atom is -0.455 e. The van der Waals surface area contributed by atoms with E-state index in [4.69, 9.17) is 8.83 Å². The summed E-state index contributed by atoms with van der Waals surface area (Å²) in [6.07, 6.45) is 4.00. The van der Waals surface area contributed by atoms with E-state index in [1.54, 1.807) is 0 Å². The molecule has 0 saturated heterocycles. The highest BCUT2D eigenvalue weighted by Crippen LogP contribution is 2.38. The van der Waals surface area contributed by atoms with Gasteiger partial charge in [0, 0.05) is 51.1 Å². The van der Waals surface area contributed by atoms with E-state index in [-0.39, 0.29) is 0 Å². The van der Waals surface area contributed by atoms with Gasteiger partial charge >= 0.3 is 0 Å². The van der Waals surface area contributed by atoms with E-state index >= 15 is 0 Å². The van der Waals surface area contributed by atoms with Crippen LogP contribution in [0.1, 0.15) is 13.8 Å². The largest absolute Gasteiger partial charge is 0.455 e. The maximum absolute atomic E-state index is 6.26. The van der Waals surface area contributed by atoms with Crippen molar-refractivity contribution in [2.75, 3.05) is 11.9 Å². The standard InChI is InChI=1S/C37H25NO2.C4H8/c1-38(26-20-16-24(17-21-26)28-10-6-12-32-30-8-2-4-14-34(30)39-36(28)32)27-22-18-25(19-23-27)29-11-7-13-33-31-9-3-5-15-35(31)40-37(29)33;1-3-4-2/h2-23H,1H3;3-4H,1-2H3/b;4-3-. The van der Waals surface area contributed by atoms with Gasteiger partial charge in [-0.1, -0.05) is 109 Å². The first-order valence-electron chi connectivity index (χ1n) is 15.0. The first-order valence-corrected chi connectivity index (χ1v) is 15.0. The van der Waals surface area contributed by atoms with Crippen LogP contribution in [0.15, 0.2) is 154 Å². The summed E-state index contributed by atoms with van der Waals surface area (Å²) < 4.78 is 12.5. The van der Waals surface area contributed by atoms with Crippen LogP contribution in [0, 0.1) is 0 Å². The molecule has 0 aliphatic carbocycles. The monoisotopic (exact) mass is 571 g/mol. The number of fused-ring (bicyclic) bond motifs is 6. The van der Waals surface area contributed by atoms with Crippen molar-refractivity contribution in [2.24, 2.45) is 0 Å². The van der Waals surface area contributed by atoms with Gasteiger partial charge in [-0.3, -0.25) is 0 Å². The molecule has 3 nitrogen and oxygen atoms in total. The summed E-state index contributed by atoms with van der Waals surface area (Å²) in [6, 6.07) is 46.5. The predicted octanol–water partition coefficient (Wildman–Crippen LogP) is 12.2. The fourth-order valence-corrected chi connectivity index (χ4v) is 5.83. The Labute approximate surface area is 257 Å². The van der Waals surface area contributed by atoms with Crippen molar-refractivity contribution in [3.05, 3.63) is 146 Å². The summed E-state index contributed by atoms with van der Waals surface area (Å²) in [6.45, 7) is 4.00. The van der Waals surface area contributed by atoms with Crippen LogP contribution in [0.5, 0.6) is 0 Å². The van der Waals surface area contributed by atoms with Gasteiger partial charge in [0.1, 0.15) is 22.3 Å². The molecule has 0 radical (unpaired) electrons. The molecule has 2 aromatic heterocycles. The second-order valence-electron chi connectivity index (χ2n) is 10.9. The van der Waals surface area contributed by atoms with Crippen molar-refractivity contribution in [1.82, 2.24) is 0 Å². The summed E-state index contributed by atoms with van der Waals surface area (Å²) in [5, 5.41) is 4.59. The zero-order chi connectivity index (χ0) is 30.0. The highest BCUT2D eigenvalue weighted by molar-refractivity contribution is 6.10. The van der Waals surface area contributed by atoms with E-state index in [0.717, 1.165) is 77.5 Å². The van der Waals surface area contributed by atoms with Gasteiger partial charge in [-0.25, -0.2) is 0 Å². The van der Waals surface area contributed by atoms with Crippen LogP contribution >= 0.6 is 0 Å². The molecule has 214 valence electrons. The number of allylic oxidation sites excluding steroid dienone is 2. The Balaban J connectivity index is 0.000000739. The van der Waals surface area contributed by atoms with Crippen LogP contribution in [0.2, 0.25) is 0 Å². The minimum absolute atomic E-state index is 0.918. The number of furan rings is 2. The smallest absolute Gasteiger partial charge is 0.143 e. The van der Waals surface area contributed by atoms with Crippen LogP contribution in [-0.2, 0) is 0 Å². The quantitative estimate of drug-likeness (QED) is 0.197. The van der Waals surface area contributed by atoms with Gasteiger partial charge < -0.3 is 13.7 Å². The van der Waals surface area contributed by atoms with Gasteiger partial charge in [-0.15, -0.1) is 0 Å². The molecule has 0 N–H and O–H groups in total. The molecule has 0 bridgehead atoms. The highest BCUT2D eigenvalue weighted by atomic mass is 16.3. The van der Waals surface area contributed by atoms with Crippen LogP contribution in [0.3, 0.4) is 0 Å². The summed E-state index contributed by atoms with van der Waals surface area (Å²) >= 11 is 0. The minimum atomic E-state index is 0.918. The second-order valence-corrected chi connectivity index (χ2v) is 10.9. The molecule has 6 aromatic carbocycles. The molecule has 44 heavy (non-hydrogen) atoms. The first-order chi connectivity index (χ1) is 21.7.